The maximum atomic E-state index is 9.22. The Morgan fingerprint density at radius 1 is 1.14 bits per heavy atom. The predicted octanol–water partition coefficient (Wildman–Crippen LogP) is 3.63. The van der Waals surface area contributed by atoms with Crippen molar-refractivity contribution in [3.63, 3.8) is 0 Å². The third-order valence-electron chi connectivity index (χ3n) is 4.35. The average Bonchev–Trinajstić information content (AvgIpc) is 2.84. The number of nitriles is 1. The van der Waals surface area contributed by atoms with E-state index in [0.717, 1.165) is 22.4 Å². The van der Waals surface area contributed by atoms with Crippen molar-refractivity contribution in [3.8, 4) is 17.6 Å². The van der Waals surface area contributed by atoms with Crippen molar-refractivity contribution >= 4 is 12.4 Å². The second-order valence-corrected chi connectivity index (χ2v) is 5.90. The molecule has 3 nitrogen and oxygen atoms in total. The molecule has 1 aliphatic heterocycles. The Morgan fingerprint density at radius 3 is 2.64 bits per heavy atom. The number of rotatable bonds is 2. The van der Waals surface area contributed by atoms with Gasteiger partial charge in [-0.2, -0.15) is 5.26 Å². The number of benzene rings is 2. The highest BCUT2D eigenvalue weighted by Gasteiger charge is 2.24. The Balaban J connectivity index is 1.98. The van der Waals surface area contributed by atoms with Crippen LogP contribution in [0.4, 0.5) is 0 Å². The number of hydrogen-bond acceptors (Lipinski definition) is 3. The molecule has 110 valence electrons. The lowest BCUT2D eigenvalue weighted by Gasteiger charge is -2.13. The maximum absolute atomic E-state index is 9.22. The van der Waals surface area contributed by atoms with Gasteiger partial charge in [-0.25, -0.2) is 0 Å². The van der Waals surface area contributed by atoms with Crippen molar-refractivity contribution in [1.29, 1.82) is 5.26 Å². The lowest BCUT2D eigenvalue weighted by atomic mass is 9.64. The van der Waals surface area contributed by atoms with Crippen molar-refractivity contribution in [2.45, 2.75) is 34.2 Å². The van der Waals surface area contributed by atoms with Crippen LogP contribution in [0.25, 0.3) is 0 Å². The van der Waals surface area contributed by atoms with Crippen molar-refractivity contribution in [3.05, 3.63) is 52.1 Å². The summed E-state index contributed by atoms with van der Waals surface area (Å²) in [6.07, 6.45) is 0. The van der Waals surface area contributed by atoms with Gasteiger partial charge in [0.15, 0.2) is 0 Å². The topological polar surface area (TPSA) is 42.2 Å². The Bertz CT molecular complexity index is 793. The van der Waals surface area contributed by atoms with Crippen molar-refractivity contribution in [2.24, 2.45) is 0 Å². The molecule has 0 atom stereocenters. The van der Waals surface area contributed by atoms with Crippen molar-refractivity contribution in [1.82, 2.24) is 0 Å². The molecule has 0 fully saturated rings. The van der Waals surface area contributed by atoms with Gasteiger partial charge in [0.25, 0.3) is 0 Å². The molecule has 0 amide bonds. The molecule has 0 spiro atoms. The molecule has 0 saturated heterocycles. The third-order valence-corrected chi connectivity index (χ3v) is 4.35. The van der Waals surface area contributed by atoms with Crippen LogP contribution >= 0.6 is 0 Å². The summed E-state index contributed by atoms with van der Waals surface area (Å²) < 4.78 is 11.7. The minimum Gasteiger partial charge on any atom is -0.457 e. The molecule has 0 aromatic heterocycles. The first-order chi connectivity index (χ1) is 10.5. The van der Waals surface area contributed by atoms with Gasteiger partial charge in [0.1, 0.15) is 11.5 Å². The summed E-state index contributed by atoms with van der Waals surface area (Å²) in [6.45, 7) is 8.82. The van der Waals surface area contributed by atoms with Crippen LogP contribution in [-0.2, 0) is 11.3 Å². The lowest BCUT2D eigenvalue weighted by molar-refractivity contribution is 0.333. The highest BCUT2D eigenvalue weighted by molar-refractivity contribution is 6.67. The highest BCUT2D eigenvalue weighted by atomic mass is 16.5. The number of aryl methyl sites for hydroxylation is 2. The zero-order chi connectivity index (χ0) is 15.9. The van der Waals surface area contributed by atoms with E-state index in [4.69, 9.17) is 9.39 Å². The Labute approximate surface area is 131 Å². The molecule has 4 heteroatoms. The molecule has 22 heavy (non-hydrogen) atoms. The zero-order valence-corrected chi connectivity index (χ0v) is 13.4. The van der Waals surface area contributed by atoms with E-state index in [1.54, 1.807) is 6.07 Å². The summed E-state index contributed by atoms with van der Waals surface area (Å²) in [5.41, 5.74) is 6.21. The van der Waals surface area contributed by atoms with E-state index in [1.807, 2.05) is 26.8 Å². The largest absolute Gasteiger partial charge is 0.457 e. The third kappa shape index (κ3) is 2.49. The molecule has 2 aromatic rings. The number of hydrogen-bond donors (Lipinski definition) is 0. The van der Waals surface area contributed by atoms with E-state index in [-0.39, 0.29) is 6.92 Å². The van der Waals surface area contributed by atoms with E-state index in [1.165, 1.54) is 11.0 Å². The maximum Gasteiger partial charge on any atom is 0.324 e. The molecule has 1 aliphatic rings. The minimum atomic E-state index is 0.148. The SMILES string of the molecule is CB1OCc2cc(Oc3cc(C)c(C)c(C#N)c3)c(C)cc21. The Morgan fingerprint density at radius 2 is 1.91 bits per heavy atom. The summed E-state index contributed by atoms with van der Waals surface area (Å²) in [7, 11) is 0. The molecule has 1 heterocycles. The number of ether oxygens (including phenoxy) is 1. The highest BCUT2D eigenvalue weighted by Crippen LogP contribution is 2.30. The van der Waals surface area contributed by atoms with Crippen LogP contribution in [0.1, 0.15) is 27.8 Å². The van der Waals surface area contributed by atoms with Gasteiger partial charge in [0.2, 0.25) is 0 Å². The number of fused-ring (bicyclic) bond motifs is 1. The smallest absolute Gasteiger partial charge is 0.324 e. The average molecular weight is 291 g/mol. The molecule has 0 saturated carbocycles. The van der Waals surface area contributed by atoms with Gasteiger partial charge in [-0.1, -0.05) is 12.9 Å². The van der Waals surface area contributed by atoms with E-state index in [9.17, 15) is 5.26 Å². The molecule has 0 bridgehead atoms. The van der Waals surface area contributed by atoms with Gasteiger partial charge in [-0.3, -0.25) is 0 Å². The molecule has 3 rings (SSSR count). The fourth-order valence-corrected chi connectivity index (χ4v) is 2.80. The van der Waals surface area contributed by atoms with Gasteiger partial charge >= 0.3 is 6.92 Å². The second-order valence-electron chi connectivity index (χ2n) is 5.90. The first-order valence-electron chi connectivity index (χ1n) is 7.44. The minimum absolute atomic E-state index is 0.148. The van der Waals surface area contributed by atoms with Crippen LogP contribution in [0.15, 0.2) is 24.3 Å². The molecule has 2 aromatic carbocycles. The van der Waals surface area contributed by atoms with E-state index >= 15 is 0 Å². The van der Waals surface area contributed by atoms with Gasteiger partial charge in [0, 0.05) is 0 Å². The summed E-state index contributed by atoms with van der Waals surface area (Å²) in [6, 6.07) is 10.2. The van der Waals surface area contributed by atoms with Gasteiger partial charge in [-0.05, 0) is 66.7 Å². The van der Waals surface area contributed by atoms with Crippen LogP contribution in [0.3, 0.4) is 0 Å². The van der Waals surface area contributed by atoms with Gasteiger partial charge in [-0.15, -0.1) is 0 Å². The fourth-order valence-electron chi connectivity index (χ4n) is 2.80. The summed E-state index contributed by atoms with van der Waals surface area (Å²) in [4.78, 5) is 0. The standard InChI is InChI=1S/C18H18BNO2/c1-11-5-16(7-14(9-20)13(11)3)22-18-8-15-10-21-19(4)17(15)6-12(18)2/h5-8H,10H2,1-4H3. The monoisotopic (exact) mass is 291 g/mol. The first-order valence-corrected chi connectivity index (χ1v) is 7.44. The van der Waals surface area contributed by atoms with Crippen LogP contribution in [0.2, 0.25) is 6.82 Å². The predicted molar refractivity (Wildman–Crippen MR) is 87.9 cm³/mol. The van der Waals surface area contributed by atoms with Crippen LogP contribution < -0.4 is 10.2 Å². The summed E-state index contributed by atoms with van der Waals surface area (Å²) in [5.74, 6) is 1.53. The lowest BCUT2D eigenvalue weighted by Crippen LogP contribution is -2.24. The molecule has 0 unspecified atom stereocenters. The number of nitrogens with zero attached hydrogens (tertiary/aromatic N) is 1. The van der Waals surface area contributed by atoms with Crippen LogP contribution in [-0.4, -0.2) is 6.92 Å². The van der Waals surface area contributed by atoms with Crippen LogP contribution in [0, 0.1) is 32.1 Å². The Kier molecular flexibility index (Phi) is 3.68. The fraction of sp³-hybridized carbons (Fsp3) is 0.278. The van der Waals surface area contributed by atoms with Gasteiger partial charge < -0.3 is 9.39 Å². The van der Waals surface area contributed by atoms with E-state index in [2.05, 4.69) is 25.0 Å². The summed E-state index contributed by atoms with van der Waals surface area (Å²) >= 11 is 0. The van der Waals surface area contributed by atoms with E-state index in [0.29, 0.717) is 17.9 Å². The van der Waals surface area contributed by atoms with Crippen LogP contribution in [0.5, 0.6) is 11.5 Å². The van der Waals surface area contributed by atoms with Crippen molar-refractivity contribution in [2.75, 3.05) is 0 Å². The molecular formula is C18H18BNO2. The summed E-state index contributed by atoms with van der Waals surface area (Å²) in [5, 5.41) is 9.22. The molecule has 0 radical (unpaired) electrons. The molecule has 0 aliphatic carbocycles. The second kappa shape index (κ2) is 5.51. The normalized spacial score (nSPS) is 13.0. The molecule has 0 N–H and O–H groups in total. The van der Waals surface area contributed by atoms with E-state index < -0.39 is 0 Å². The first kappa shape index (κ1) is 14.7. The zero-order valence-electron chi connectivity index (χ0n) is 13.4. The Hall–Kier alpha value is -2.25. The quantitative estimate of drug-likeness (QED) is 0.793. The molecular weight excluding hydrogens is 273 g/mol. The van der Waals surface area contributed by atoms with Crippen molar-refractivity contribution < 1.29 is 9.39 Å². The van der Waals surface area contributed by atoms with Gasteiger partial charge in [0.05, 0.1) is 18.2 Å².